The first-order valence-corrected chi connectivity index (χ1v) is 8.23. The number of hydrogen-bond acceptors (Lipinski definition) is 3. The second-order valence-corrected chi connectivity index (χ2v) is 6.40. The van der Waals surface area contributed by atoms with Crippen molar-refractivity contribution in [3.05, 3.63) is 24.3 Å². The Hall–Kier alpha value is -1.38. The quantitative estimate of drug-likeness (QED) is 0.440. The molecular formula is C18H26O3. The van der Waals surface area contributed by atoms with Gasteiger partial charge in [0, 0.05) is 11.1 Å². The van der Waals surface area contributed by atoms with Gasteiger partial charge in [0.15, 0.2) is 0 Å². The van der Waals surface area contributed by atoms with E-state index in [2.05, 4.69) is 13.2 Å². The summed E-state index contributed by atoms with van der Waals surface area (Å²) in [4.78, 5) is 24.1. The van der Waals surface area contributed by atoms with Crippen molar-refractivity contribution in [3.63, 3.8) is 0 Å². The molecule has 0 unspecified atom stereocenters. The van der Waals surface area contributed by atoms with Crippen molar-refractivity contribution in [3.8, 4) is 0 Å². The third-order valence-corrected chi connectivity index (χ3v) is 4.91. The summed E-state index contributed by atoms with van der Waals surface area (Å²) in [5.41, 5.74) is 0.916. The lowest BCUT2D eigenvalue weighted by Crippen LogP contribution is -2.23. The first-order chi connectivity index (χ1) is 10.1. The maximum atomic E-state index is 12.1. The van der Waals surface area contributed by atoms with Gasteiger partial charge in [0.05, 0.1) is 0 Å². The van der Waals surface area contributed by atoms with E-state index in [0.29, 0.717) is 11.1 Å². The van der Waals surface area contributed by atoms with Gasteiger partial charge in [-0.25, -0.2) is 9.59 Å². The summed E-state index contributed by atoms with van der Waals surface area (Å²) in [6.07, 6.45) is 10.8. The number of carbonyl (C=O) groups is 2. The Morgan fingerprint density at radius 1 is 0.667 bits per heavy atom. The monoisotopic (exact) mass is 290 g/mol. The summed E-state index contributed by atoms with van der Waals surface area (Å²) in [6.45, 7) is 7.69. The topological polar surface area (TPSA) is 43.4 Å². The van der Waals surface area contributed by atoms with Gasteiger partial charge in [0.2, 0.25) is 0 Å². The Bertz CT molecular complexity index is 384. The van der Waals surface area contributed by atoms with E-state index in [0.717, 1.165) is 51.4 Å². The lowest BCUT2D eigenvalue weighted by Gasteiger charge is -2.24. The van der Waals surface area contributed by atoms with Crippen LogP contribution in [0.25, 0.3) is 0 Å². The minimum atomic E-state index is -0.552. The van der Waals surface area contributed by atoms with Crippen LogP contribution in [0.2, 0.25) is 0 Å². The Labute approximate surface area is 127 Å². The molecule has 0 atom stereocenters. The molecule has 0 radical (unpaired) electrons. The first kappa shape index (κ1) is 16.0. The maximum Gasteiger partial charge on any atom is 0.341 e. The highest BCUT2D eigenvalue weighted by Crippen LogP contribution is 2.31. The third kappa shape index (κ3) is 4.29. The number of rotatable bonds is 4. The minimum absolute atomic E-state index is 0.182. The number of esters is 2. The number of ether oxygens (including phenoxy) is 1. The van der Waals surface area contributed by atoms with Gasteiger partial charge >= 0.3 is 11.9 Å². The molecule has 2 rings (SSSR count). The molecule has 2 saturated carbocycles. The van der Waals surface area contributed by atoms with Crippen LogP contribution >= 0.6 is 0 Å². The van der Waals surface area contributed by atoms with Gasteiger partial charge in [-0.2, -0.15) is 0 Å². The lowest BCUT2D eigenvalue weighted by molar-refractivity contribution is -0.154. The second kappa shape index (κ2) is 7.58. The van der Waals surface area contributed by atoms with Crippen molar-refractivity contribution >= 4 is 11.9 Å². The van der Waals surface area contributed by atoms with Crippen LogP contribution < -0.4 is 0 Å². The summed E-state index contributed by atoms with van der Waals surface area (Å²) in [7, 11) is 0. The highest BCUT2D eigenvalue weighted by atomic mass is 16.6. The van der Waals surface area contributed by atoms with Crippen LogP contribution in [0.5, 0.6) is 0 Å². The zero-order chi connectivity index (χ0) is 15.2. The van der Waals surface area contributed by atoms with Crippen molar-refractivity contribution < 1.29 is 14.3 Å². The average molecular weight is 290 g/mol. The minimum Gasteiger partial charge on any atom is -0.386 e. The second-order valence-electron chi connectivity index (χ2n) is 6.40. The fourth-order valence-corrected chi connectivity index (χ4v) is 3.45. The predicted octanol–water partition coefficient (Wildman–Crippen LogP) is 4.33. The predicted molar refractivity (Wildman–Crippen MR) is 82.5 cm³/mol. The molecule has 0 heterocycles. The van der Waals surface area contributed by atoms with Gasteiger partial charge in [-0.1, -0.05) is 51.7 Å². The van der Waals surface area contributed by atoms with Crippen LogP contribution in [0.1, 0.15) is 64.2 Å². The van der Waals surface area contributed by atoms with Crippen LogP contribution in [0.15, 0.2) is 24.3 Å². The Balaban J connectivity index is 1.84. The molecule has 2 aliphatic rings. The Kier molecular flexibility index (Phi) is 5.77. The summed E-state index contributed by atoms with van der Waals surface area (Å²) >= 11 is 0. The molecule has 0 aromatic rings. The highest BCUT2D eigenvalue weighted by Gasteiger charge is 2.27. The van der Waals surface area contributed by atoms with E-state index in [1.165, 1.54) is 12.8 Å². The van der Waals surface area contributed by atoms with Crippen LogP contribution in [-0.4, -0.2) is 11.9 Å². The molecule has 3 heteroatoms. The van der Waals surface area contributed by atoms with Crippen molar-refractivity contribution in [2.75, 3.05) is 0 Å². The molecule has 116 valence electrons. The molecule has 2 fully saturated rings. The van der Waals surface area contributed by atoms with E-state index < -0.39 is 11.9 Å². The molecule has 0 aromatic heterocycles. The van der Waals surface area contributed by atoms with Gasteiger partial charge in [-0.3, -0.25) is 0 Å². The van der Waals surface area contributed by atoms with E-state index in [-0.39, 0.29) is 11.8 Å². The Morgan fingerprint density at radius 2 is 1.00 bits per heavy atom. The molecule has 0 saturated heterocycles. The largest absolute Gasteiger partial charge is 0.386 e. The maximum absolute atomic E-state index is 12.1. The third-order valence-electron chi connectivity index (χ3n) is 4.91. The smallest absolute Gasteiger partial charge is 0.341 e. The molecule has 0 spiro atoms. The number of carbonyl (C=O) groups excluding carboxylic acids is 2. The van der Waals surface area contributed by atoms with Crippen molar-refractivity contribution in [2.24, 2.45) is 11.8 Å². The van der Waals surface area contributed by atoms with Crippen LogP contribution in [0.4, 0.5) is 0 Å². The van der Waals surface area contributed by atoms with E-state index >= 15 is 0 Å². The summed E-state index contributed by atoms with van der Waals surface area (Å²) in [6, 6.07) is 0. The van der Waals surface area contributed by atoms with Gasteiger partial charge in [-0.15, -0.1) is 0 Å². The van der Waals surface area contributed by atoms with Crippen molar-refractivity contribution in [1.82, 2.24) is 0 Å². The average Bonchev–Trinajstić information content (AvgIpc) is 2.55. The summed E-state index contributed by atoms with van der Waals surface area (Å²) in [5.74, 6) is -0.739. The molecular weight excluding hydrogens is 264 g/mol. The van der Waals surface area contributed by atoms with Gasteiger partial charge < -0.3 is 4.74 Å². The lowest BCUT2D eigenvalue weighted by atomic mass is 9.84. The zero-order valence-corrected chi connectivity index (χ0v) is 12.9. The van der Waals surface area contributed by atoms with Gasteiger partial charge in [0.1, 0.15) is 0 Å². The molecule has 0 bridgehead atoms. The van der Waals surface area contributed by atoms with E-state index in [4.69, 9.17) is 4.74 Å². The molecule has 0 aliphatic heterocycles. The highest BCUT2D eigenvalue weighted by molar-refractivity contribution is 6.01. The van der Waals surface area contributed by atoms with Gasteiger partial charge in [0.25, 0.3) is 0 Å². The molecule has 3 nitrogen and oxygen atoms in total. The normalized spacial score (nSPS) is 20.8. The van der Waals surface area contributed by atoms with Crippen LogP contribution in [0.3, 0.4) is 0 Å². The van der Waals surface area contributed by atoms with Gasteiger partial charge in [-0.05, 0) is 37.5 Å². The van der Waals surface area contributed by atoms with Crippen LogP contribution in [0, 0.1) is 11.8 Å². The summed E-state index contributed by atoms with van der Waals surface area (Å²) < 4.78 is 5.00. The van der Waals surface area contributed by atoms with E-state index in [1.54, 1.807) is 0 Å². The SMILES string of the molecule is C=C(C(=O)OC(=O)C(=C)C1CCCCC1)C1CCCCC1. The molecule has 2 aliphatic carbocycles. The fourth-order valence-electron chi connectivity index (χ4n) is 3.45. The Morgan fingerprint density at radius 3 is 1.33 bits per heavy atom. The molecule has 0 N–H and O–H groups in total. The van der Waals surface area contributed by atoms with Crippen molar-refractivity contribution in [1.29, 1.82) is 0 Å². The van der Waals surface area contributed by atoms with Crippen molar-refractivity contribution in [2.45, 2.75) is 64.2 Å². The first-order valence-electron chi connectivity index (χ1n) is 8.23. The zero-order valence-electron chi connectivity index (χ0n) is 12.9. The molecule has 0 amide bonds. The molecule has 21 heavy (non-hydrogen) atoms. The summed E-state index contributed by atoms with van der Waals surface area (Å²) in [5, 5.41) is 0. The van der Waals surface area contributed by atoms with Crippen LogP contribution in [-0.2, 0) is 14.3 Å². The standard InChI is InChI=1S/C18H26O3/c1-13(15-9-5-3-6-10-15)17(19)21-18(20)14(2)16-11-7-4-8-12-16/h15-16H,1-12H2. The van der Waals surface area contributed by atoms with E-state index in [1.807, 2.05) is 0 Å². The van der Waals surface area contributed by atoms with E-state index in [9.17, 15) is 9.59 Å². The fraction of sp³-hybridized carbons (Fsp3) is 0.667. The number of hydrogen-bond donors (Lipinski definition) is 0. The molecule has 0 aromatic carbocycles.